The highest BCUT2D eigenvalue weighted by molar-refractivity contribution is 6.03. The predicted molar refractivity (Wildman–Crippen MR) is 104 cm³/mol. The van der Waals surface area contributed by atoms with Crippen LogP contribution >= 0.6 is 0 Å². The Morgan fingerprint density at radius 2 is 1.92 bits per heavy atom. The van der Waals surface area contributed by atoms with Crippen LogP contribution in [0, 0.1) is 0 Å². The van der Waals surface area contributed by atoms with E-state index in [4.69, 9.17) is 4.74 Å². The summed E-state index contributed by atoms with van der Waals surface area (Å²) in [4.78, 5) is 24.3. The molecular formula is C21H24N2O3. The third-order valence-electron chi connectivity index (χ3n) is 3.94. The molecular weight excluding hydrogens is 328 g/mol. The predicted octanol–water partition coefficient (Wildman–Crippen LogP) is 3.88. The first-order valence-corrected chi connectivity index (χ1v) is 8.56. The van der Waals surface area contributed by atoms with E-state index in [0.717, 1.165) is 12.0 Å². The van der Waals surface area contributed by atoms with Crippen molar-refractivity contribution in [2.75, 3.05) is 12.4 Å². The first-order chi connectivity index (χ1) is 12.5. The number of hydrogen-bond acceptors (Lipinski definition) is 3. The van der Waals surface area contributed by atoms with E-state index in [-0.39, 0.29) is 17.9 Å². The Bertz CT molecular complexity index is 799. The van der Waals surface area contributed by atoms with Crippen LogP contribution in [-0.4, -0.2) is 25.0 Å². The van der Waals surface area contributed by atoms with Crippen LogP contribution < -0.4 is 15.4 Å². The van der Waals surface area contributed by atoms with Crippen molar-refractivity contribution >= 4 is 23.6 Å². The normalized spacial score (nSPS) is 11.8. The maximum Gasteiger partial charge on any atom is 0.251 e. The van der Waals surface area contributed by atoms with Gasteiger partial charge in [0.15, 0.2) is 0 Å². The SMILES string of the molecule is CCC(C)NC(=O)c1cccc(NC(=O)/C=C/c2ccccc2OC)c1. The van der Waals surface area contributed by atoms with Gasteiger partial charge in [0.05, 0.1) is 7.11 Å². The topological polar surface area (TPSA) is 67.4 Å². The molecule has 0 radical (unpaired) electrons. The Kier molecular flexibility index (Phi) is 6.97. The molecule has 0 bridgehead atoms. The lowest BCUT2D eigenvalue weighted by molar-refractivity contribution is -0.111. The van der Waals surface area contributed by atoms with E-state index >= 15 is 0 Å². The molecule has 0 saturated heterocycles. The zero-order valence-corrected chi connectivity index (χ0v) is 15.3. The van der Waals surface area contributed by atoms with Gasteiger partial charge in [-0.05, 0) is 43.7 Å². The Morgan fingerprint density at radius 3 is 2.65 bits per heavy atom. The lowest BCUT2D eigenvalue weighted by atomic mass is 10.1. The van der Waals surface area contributed by atoms with E-state index in [1.165, 1.54) is 6.08 Å². The van der Waals surface area contributed by atoms with E-state index in [1.54, 1.807) is 37.5 Å². The number of carbonyl (C=O) groups excluding carboxylic acids is 2. The average Bonchev–Trinajstić information content (AvgIpc) is 2.66. The van der Waals surface area contributed by atoms with Crippen LogP contribution in [0.25, 0.3) is 6.08 Å². The van der Waals surface area contributed by atoms with Gasteiger partial charge in [0.2, 0.25) is 5.91 Å². The summed E-state index contributed by atoms with van der Waals surface area (Å²) in [6.45, 7) is 3.96. The van der Waals surface area contributed by atoms with Crippen LogP contribution in [0.4, 0.5) is 5.69 Å². The van der Waals surface area contributed by atoms with Gasteiger partial charge in [-0.25, -0.2) is 0 Å². The number of methoxy groups -OCH3 is 1. The molecule has 0 aromatic heterocycles. The maximum absolute atomic E-state index is 12.2. The van der Waals surface area contributed by atoms with E-state index in [0.29, 0.717) is 17.0 Å². The second kappa shape index (κ2) is 9.42. The molecule has 1 atom stereocenters. The van der Waals surface area contributed by atoms with Gasteiger partial charge in [0, 0.05) is 28.9 Å². The van der Waals surface area contributed by atoms with Gasteiger partial charge >= 0.3 is 0 Å². The van der Waals surface area contributed by atoms with Gasteiger partial charge in [-0.2, -0.15) is 0 Å². The molecule has 2 amide bonds. The minimum atomic E-state index is -0.282. The molecule has 2 aromatic rings. The number of hydrogen-bond donors (Lipinski definition) is 2. The highest BCUT2D eigenvalue weighted by Gasteiger charge is 2.09. The standard InChI is InChI=1S/C21H24N2O3/c1-4-15(2)22-21(25)17-9-7-10-18(14-17)23-20(24)13-12-16-8-5-6-11-19(16)26-3/h5-15H,4H2,1-3H3,(H,22,25)(H,23,24)/b13-12+. The number of nitrogens with one attached hydrogen (secondary N) is 2. The number of rotatable bonds is 7. The van der Waals surface area contributed by atoms with Crippen LogP contribution in [0.2, 0.25) is 0 Å². The highest BCUT2D eigenvalue weighted by Crippen LogP contribution is 2.18. The molecule has 1 unspecified atom stereocenters. The largest absolute Gasteiger partial charge is 0.496 e. The lowest BCUT2D eigenvalue weighted by Gasteiger charge is -2.12. The number of carbonyl (C=O) groups is 2. The molecule has 0 heterocycles. The number of anilines is 1. The first kappa shape index (κ1) is 19.2. The monoisotopic (exact) mass is 352 g/mol. The quantitative estimate of drug-likeness (QED) is 0.743. The van der Waals surface area contributed by atoms with Crippen molar-refractivity contribution in [2.45, 2.75) is 26.3 Å². The first-order valence-electron chi connectivity index (χ1n) is 8.56. The molecule has 2 rings (SSSR count). The Balaban J connectivity index is 2.04. The van der Waals surface area contributed by atoms with E-state index in [9.17, 15) is 9.59 Å². The summed E-state index contributed by atoms with van der Waals surface area (Å²) in [5.74, 6) is 0.260. The molecule has 5 nitrogen and oxygen atoms in total. The number of para-hydroxylation sites is 1. The Labute approximate surface area is 154 Å². The summed E-state index contributed by atoms with van der Waals surface area (Å²) >= 11 is 0. The fourth-order valence-electron chi connectivity index (χ4n) is 2.30. The molecule has 2 N–H and O–H groups in total. The van der Waals surface area contributed by atoms with Gasteiger partial charge in [-0.3, -0.25) is 9.59 Å². The van der Waals surface area contributed by atoms with Crippen molar-refractivity contribution in [3.05, 3.63) is 65.7 Å². The summed E-state index contributed by atoms with van der Waals surface area (Å²) in [6.07, 6.45) is 3.98. The van der Waals surface area contributed by atoms with Crippen molar-refractivity contribution in [2.24, 2.45) is 0 Å². The third kappa shape index (κ3) is 5.48. The lowest BCUT2D eigenvalue weighted by Crippen LogP contribution is -2.31. The Morgan fingerprint density at radius 1 is 1.15 bits per heavy atom. The number of amides is 2. The minimum absolute atomic E-state index is 0.101. The van der Waals surface area contributed by atoms with Crippen LogP contribution in [0.5, 0.6) is 5.75 Å². The molecule has 0 spiro atoms. The smallest absolute Gasteiger partial charge is 0.251 e. The molecule has 0 aliphatic heterocycles. The zero-order valence-electron chi connectivity index (χ0n) is 15.3. The van der Waals surface area contributed by atoms with Gasteiger partial charge in [-0.1, -0.05) is 31.2 Å². The van der Waals surface area contributed by atoms with Crippen molar-refractivity contribution < 1.29 is 14.3 Å². The van der Waals surface area contributed by atoms with E-state index in [1.807, 2.05) is 38.1 Å². The summed E-state index contributed by atoms with van der Waals surface area (Å²) < 4.78 is 5.25. The zero-order chi connectivity index (χ0) is 18.9. The molecule has 136 valence electrons. The van der Waals surface area contributed by atoms with Gasteiger partial charge < -0.3 is 15.4 Å². The van der Waals surface area contributed by atoms with Gasteiger partial charge in [-0.15, -0.1) is 0 Å². The molecule has 0 aliphatic rings. The van der Waals surface area contributed by atoms with Gasteiger partial charge in [0.25, 0.3) is 5.91 Å². The van der Waals surface area contributed by atoms with Crippen molar-refractivity contribution in [1.82, 2.24) is 5.32 Å². The third-order valence-corrected chi connectivity index (χ3v) is 3.94. The van der Waals surface area contributed by atoms with Crippen LogP contribution in [0.3, 0.4) is 0 Å². The van der Waals surface area contributed by atoms with Gasteiger partial charge in [0.1, 0.15) is 5.75 Å². The molecule has 0 fully saturated rings. The maximum atomic E-state index is 12.2. The van der Waals surface area contributed by atoms with Crippen LogP contribution in [0.1, 0.15) is 36.2 Å². The van der Waals surface area contributed by atoms with Crippen LogP contribution in [0.15, 0.2) is 54.6 Å². The van der Waals surface area contributed by atoms with Crippen LogP contribution in [-0.2, 0) is 4.79 Å². The van der Waals surface area contributed by atoms with Crippen molar-refractivity contribution in [3.8, 4) is 5.75 Å². The van der Waals surface area contributed by atoms with E-state index in [2.05, 4.69) is 10.6 Å². The second-order valence-electron chi connectivity index (χ2n) is 5.93. The van der Waals surface area contributed by atoms with Crippen molar-refractivity contribution in [1.29, 1.82) is 0 Å². The summed E-state index contributed by atoms with van der Waals surface area (Å²) in [6, 6.07) is 14.4. The molecule has 26 heavy (non-hydrogen) atoms. The molecule has 2 aromatic carbocycles. The molecule has 0 saturated carbocycles. The van der Waals surface area contributed by atoms with E-state index < -0.39 is 0 Å². The summed E-state index contributed by atoms with van der Waals surface area (Å²) in [7, 11) is 1.59. The summed E-state index contributed by atoms with van der Waals surface area (Å²) in [5.41, 5.74) is 1.89. The molecule has 0 aliphatic carbocycles. The highest BCUT2D eigenvalue weighted by atomic mass is 16.5. The molecule has 5 heteroatoms. The fourth-order valence-corrected chi connectivity index (χ4v) is 2.30. The summed E-state index contributed by atoms with van der Waals surface area (Å²) in [5, 5.41) is 5.67. The number of benzene rings is 2. The Hall–Kier alpha value is -3.08. The number of ether oxygens (including phenoxy) is 1. The second-order valence-corrected chi connectivity index (χ2v) is 5.93. The fraction of sp³-hybridized carbons (Fsp3) is 0.238. The average molecular weight is 352 g/mol. The van der Waals surface area contributed by atoms with Crippen molar-refractivity contribution in [3.63, 3.8) is 0 Å². The minimum Gasteiger partial charge on any atom is -0.496 e.